The van der Waals surface area contributed by atoms with Crippen LogP contribution in [-0.2, 0) is 0 Å². The maximum atomic E-state index is 12.3. The van der Waals surface area contributed by atoms with Crippen LogP contribution in [0.1, 0.15) is 35.9 Å². The molecule has 1 aromatic heterocycles. The number of carbonyl (C=O) groups excluding carboxylic acids is 1. The van der Waals surface area contributed by atoms with Gasteiger partial charge in [0.2, 0.25) is 5.76 Å². The average molecular weight is 237 g/mol. The number of aryl methyl sites for hydroxylation is 1. The zero-order valence-corrected chi connectivity index (χ0v) is 10.3. The van der Waals surface area contributed by atoms with Crippen LogP contribution in [0.3, 0.4) is 0 Å². The Bertz CT molecular complexity index is 402. The fraction of sp³-hybridized carbons (Fsp3) is 0.667. The number of likely N-dealkylation sites (tertiary alicyclic amines) is 1. The normalized spacial score (nSPS) is 25.0. The molecular formula is C12H19N3O2. The van der Waals surface area contributed by atoms with Gasteiger partial charge in [-0.25, -0.2) is 0 Å². The highest BCUT2D eigenvalue weighted by Gasteiger charge is 2.33. The number of hydrogen-bond acceptors (Lipinski definition) is 4. The van der Waals surface area contributed by atoms with Gasteiger partial charge in [-0.2, -0.15) is 0 Å². The number of aromatic nitrogens is 1. The molecule has 0 aromatic carbocycles. The van der Waals surface area contributed by atoms with Crippen LogP contribution in [0.25, 0.3) is 0 Å². The molecule has 0 spiro atoms. The highest BCUT2D eigenvalue weighted by Crippen LogP contribution is 2.24. The van der Waals surface area contributed by atoms with Gasteiger partial charge in [-0.05, 0) is 25.7 Å². The molecule has 94 valence electrons. The summed E-state index contributed by atoms with van der Waals surface area (Å²) in [5, 5.41) is 3.65. The lowest BCUT2D eigenvalue weighted by Gasteiger charge is -2.38. The first-order chi connectivity index (χ1) is 8.15. The van der Waals surface area contributed by atoms with Crippen LogP contribution < -0.4 is 5.73 Å². The highest BCUT2D eigenvalue weighted by molar-refractivity contribution is 5.93. The molecular weight excluding hydrogens is 218 g/mol. The van der Waals surface area contributed by atoms with E-state index in [-0.39, 0.29) is 11.9 Å². The molecule has 2 heterocycles. The molecule has 1 amide bonds. The van der Waals surface area contributed by atoms with Crippen LogP contribution in [0, 0.1) is 12.8 Å². The fourth-order valence-electron chi connectivity index (χ4n) is 2.49. The van der Waals surface area contributed by atoms with Gasteiger partial charge in [-0.3, -0.25) is 4.79 Å². The molecule has 2 unspecified atom stereocenters. The van der Waals surface area contributed by atoms with E-state index in [1.165, 1.54) is 0 Å². The van der Waals surface area contributed by atoms with E-state index in [0.717, 1.165) is 24.9 Å². The molecule has 0 radical (unpaired) electrons. The van der Waals surface area contributed by atoms with Crippen molar-refractivity contribution in [3.05, 3.63) is 17.5 Å². The van der Waals surface area contributed by atoms with Gasteiger partial charge in [0, 0.05) is 24.7 Å². The Balaban J connectivity index is 2.21. The molecule has 1 aliphatic heterocycles. The maximum Gasteiger partial charge on any atom is 0.293 e. The summed E-state index contributed by atoms with van der Waals surface area (Å²) in [6.07, 6.45) is 3.72. The molecule has 0 bridgehead atoms. The molecule has 2 atom stereocenters. The first-order valence-corrected chi connectivity index (χ1v) is 6.07. The quantitative estimate of drug-likeness (QED) is 0.838. The summed E-state index contributed by atoms with van der Waals surface area (Å²) in [7, 11) is 0. The van der Waals surface area contributed by atoms with Gasteiger partial charge in [0.05, 0.1) is 6.20 Å². The summed E-state index contributed by atoms with van der Waals surface area (Å²) in [6, 6.07) is 0.112. The van der Waals surface area contributed by atoms with E-state index in [9.17, 15) is 4.79 Å². The Labute approximate surface area is 101 Å². The van der Waals surface area contributed by atoms with Crippen molar-refractivity contribution in [2.24, 2.45) is 11.7 Å². The van der Waals surface area contributed by atoms with E-state index >= 15 is 0 Å². The van der Waals surface area contributed by atoms with Crippen LogP contribution >= 0.6 is 0 Å². The summed E-state index contributed by atoms with van der Waals surface area (Å²) < 4.78 is 5.03. The van der Waals surface area contributed by atoms with E-state index in [1.54, 1.807) is 6.20 Å². The van der Waals surface area contributed by atoms with Crippen molar-refractivity contribution in [1.29, 1.82) is 0 Å². The number of carbonyl (C=O) groups is 1. The number of amides is 1. The minimum absolute atomic E-state index is 0.0815. The first kappa shape index (κ1) is 12.1. The lowest BCUT2D eigenvalue weighted by molar-refractivity contribution is 0.0491. The Morgan fingerprint density at radius 2 is 2.47 bits per heavy atom. The number of rotatable bonds is 2. The van der Waals surface area contributed by atoms with Crippen LogP contribution in [0.15, 0.2) is 10.7 Å². The molecule has 1 aliphatic rings. The van der Waals surface area contributed by atoms with Crippen LogP contribution in [-0.4, -0.2) is 35.1 Å². The molecule has 1 fully saturated rings. The smallest absolute Gasteiger partial charge is 0.293 e. The topological polar surface area (TPSA) is 72.4 Å². The number of nitrogens with two attached hydrogens (primary N) is 1. The van der Waals surface area contributed by atoms with Crippen molar-refractivity contribution in [3.8, 4) is 0 Å². The highest BCUT2D eigenvalue weighted by atomic mass is 16.5. The summed E-state index contributed by atoms with van der Waals surface area (Å²) in [6.45, 7) is 5.23. The number of hydrogen-bond donors (Lipinski definition) is 1. The van der Waals surface area contributed by atoms with Crippen molar-refractivity contribution in [2.45, 2.75) is 32.7 Å². The zero-order chi connectivity index (χ0) is 12.4. The summed E-state index contributed by atoms with van der Waals surface area (Å²) in [5.74, 6) is 0.709. The minimum Gasteiger partial charge on any atom is -0.351 e. The van der Waals surface area contributed by atoms with Gasteiger partial charge >= 0.3 is 0 Å². The third-order valence-corrected chi connectivity index (χ3v) is 3.56. The van der Waals surface area contributed by atoms with Crippen LogP contribution in [0.2, 0.25) is 0 Å². The third-order valence-electron chi connectivity index (χ3n) is 3.56. The zero-order valence-electron chi connectivity index (χ0n) is 10.3. The second-order valence-electron chi connectivity index (χ2n) is 4.76. The molecule has 5 heteroatoms. The second-order valence-corrected chi connectivity index (χ2v) is 4.76. The predicted molar refractivity (Wildman–Crippen MR) is 63.5 cm³/mol. The fourth-order valence-corrected chi connectivity index (χ4v) is 2.49. The van der Waals surface area contributed by atoms with Crippen molar-refractivity contribution in [1.82, 2.24) is 10.1 Å². The van der Waals surface area contributed by atoms with Gasteiger partial charge in [0.25, 0.3) is 5.91 Å². The van der Waals surface area contributed by atoms with Crippen LogP contribution in [0.4, 0.5) is 0 Å². The average Bonchev–Trinajstić information content (AvgIpc) is 2.74. The molecule has 1 aromatic rings. The van der Waals surface area contributed by atoms with Crippen molar-refractivity contribution in [3.63, 3.8) is 0 Å². The Kier molecular flexibility index (Phi) is 3.47. The summed E-state index contributed by atoms with van der Waals surface area (Å²) >= 11 is 0. The third kappa shape index (κ3) is 2.20. The Morgan fingerprint density at radius 3 is 3.06 bits per heavy atom. The largest absolute Gasteiger partial charge is 0.351 e. The van der Waals surface area contributed by atoms with Gasteiger partial charge in [0.15, 0.2) is 0 Å². The van der Waals surface area contributed by atoms with Crippen molar-refractivity contribution in [2.75, 3.05) is 13.1 Å². The van der Waals surface area contributed by atoms with Gasteiger partial charge in [-0.1, -0.05) is 12.1 Å². The van der Waals surface area contributed by atoms with E-state index in [1.807, 2.05) is 11.8 Å². The molecule has 0 aliphatic carbocycles. The monoisotopic (exact) mass is 237 g/mol. The van der Waals surface area contributed by atoms with E-state index in [0.29, 0.717) is 18.2 Å². The number of nitrogens with zero attached hydrogens (tertiary/aromatic N) is 2. The minimum atomic E-state index is -0.0815. The second kappa shape index (κ2) is 4.87. The molecule has 17 heavy (non-hydrogen) atoms. The summed E-state index contributed by atoms with van der Waals surface area (Å²) in [5.41, 5.74) is 6.55. The Morgan fingerprint density at radius 1 is 1.71 bits per heavy atom. The van der Waals surface area contributed by atoms with E-state index in [2.05, 4.69) is 12.1 Å². The lowest BCUT2D eigenvalue weighted by Crippen LogP contribution is -2.51. The lowest BCUT2D eigenvalue weighted by atomic mass is 9.90. The summed E-state index contributed by atoms with van der Waals surface area (Å²) in [4.78, 5) is 14.2. The van der Waals surface area contributed by atoms with Gasteiger partial charge in [-0.15, -0.1) is 0 Å². The molecule has 1 saturated heterocycles. The molecule has 0 saturated carbocycles. The SMILES string of the molecule is Cc1cnoc1C(=O)N1CCCC(C)C1CN. The maximum absolute atomic E-state index is 12.3. The van der Waals surface area contributed by atoms with Gasteiger partial charge < -0.3 is 15.2 Å². The molecule has 2 rings (SSSR count). The first-order valence-electron chi connectivity index (χ1n) is 6.07. The van der Waals surface area contributed by atoms with Gasteiger partial charge in [0.1, 0.15) is 0 Å². The van der Waals surface area contributed by atoms with E-state index < -0.39 is 0 Å². The molecule has 2 N–H and O–H groups in total. The Hall–Kier alpha value is -1.36. The standard InChI is InChI=1S/C12H19N3O2/c1-8-4-3-5-15(10(8)6-13)12(16)11-9(2)7-14-17-11/h7-8,10H,3-6,13H2,1-2H3. The van der Waals surface area contributed by atoms with Crippen molar-refractivity contribution >= 4 is 5.91 Å². The van der Waals surface area contributed by atoms with Crippen LogP contribution in [0.5, 0.6) is 0 Å². The van der Waals surface area contributed by atoms with Crippen molar-refractivity contribution < 1.29 is 9.32 Å². The number of piperidine rings is 1. The van der Waals surface area contributed by atoms with E-state index in [4.69, 9.17) is 10.3 Å². The predicted octanol–water partition coefficient (Wildman–Crippen LogP) is 1.18. The molecule has 5 nitrogen and oxygen atoms in total.